The van der Waals surface area contributed by atoms with Crippen LogP contribution in [-0.4, -0.2) is 30.2 Å². The van der Waals surface area contributed by atoms with Crippen molar-refractivity contribution in [2.24, 2.45) is 5.16 Å². The third kappa shape index (κ3) is 3.08. The lowest BCUT2D eigenvalue weighted by Crippen LogP contribution is -2.13. The van der Waals surface area contributed by atoms with Crippen molar-refractivity contribution in [1.29, 1.82) is 0 Å². The fraction of sp³-hybridized carbons (Fsp3) is 0.316. The molecule has 0 aliphatic heterocycles. The molecule has 1 aliphatic carbocycles. The van der Waals surface area contributed by atoms with Crippen LogP contribution in [0.2, 0.25) is 0 Å². The quantitative estimate of drug-likeness (QED) is 0.653. The van der Waals surface area contributed by atoms with Gasteiger partial charge in [-0.05, 0) is 65.0 Å². The number of benzene rings is 2. The summed E-state index contributed by atoms with van der Waals surface area (Å²) in [5, 5.41) is 12.0. The Labute approximate surface area is 150 Å². The molecule has 0 spiro atoms. The fourth-order valence-electron chi connectivity index (χ4n) is 3.17. The molecule has 0 amide bonds. The van der Waals surface area contributed by atoms with Gasteiger partial charge in [-0.2, -0.15) is 0 Å². The van der Waals surface area contributed by atoms with E-state index in [0.717, 1.165) is 47.4 Å². The van der Waals surface area contributed by atoms with E-state index in [1.54, 1.807) is 14.2 Å². The minimum Gasteiger partial charge on any atom is -0.493 e. The maximum absolute atomic E-state index is 5.61. The summed E-state index contributed by atoms with van der Waals surface area (Å²) in [5.74, 6) is 1.44. The Balaban J connectivity index is 1.54. The van der Waals surface area contributed by atoms with E-state index in [1.807, 2.05) is 30.3 Å². The van der Waals surface area contributed by atoms with Crippen molar-refractivity contribution in [1.82, 2.24) is 10.3 Å². The van der Waals surface area contributed by atoms with E-state index in [4.69, 9.17) is 18.9 Å². The van der Waals surface area contributed by atoms with Crippen molar-refractivity contribution < 1.29 is 18.9 Å². The van der Waals surface area contributed by atoms with Crippen LogP contribution in [0.5, 0.6) is 11.5 Å². The van der Waals surface area contributed by atoms with Gasteiger partial charge in [-0.3, -0.25) is 0 Å². The molecule has 7 heteroatoms. The maximum Gasteiger partial charge on any atom is 0.161 e. The Morgan fingerprint density at radius 3 is 2.65 bits per heavy atom. The first-order valence-corrected chi connectivity index (χ1v) is 8.44. The van der Waals surface area contributed by atoms with Crippen LogP contribution in [-0.2, 0) is 17.9 Å². The average Bonchev–Trinajstić information content (AvgIpc) is 3.15. The Hall–Kier alpha value is -3.09. The summed E-state index contributed by atoms with van der Waals surface area (Å²) in [6, 6.07) is 9.66. The van der Waals surface area contributed by atoms with Gasteiger partial charge < -0.3 is 14.3 Å². The molecule has 7 nitrogen and oxygen atoms in total. The Bertz CT molecular complexity index is 965. The molecule has 0 N–H and O–H groups in total. The van der Waals surface area contributed by atoms with Crippen LogP contribution in [0.25, 0.3) is 11.0 Å². The summed E-state index contributed by atoms with van der Waals surface area (Å²) < 4.78 is 15.5. The maximum atomic E-state index is 5.61. The lowest BCUT2D eigenvalue weighted by atomic mass is 9.89. The van der Waals surface area contributed by atoms with E-state index in [1.165, 1.54) is 5.56 Å². The van der Waals surface area contributed by atoms with Crippen LogP contribution in [0.15, 0.2) is 40.1 Å². The van der Waals surface area contributed by atoms with E-state index in [-0.39, 0.29) is 0 Å². The zero-order valence-electron chi connectivity index (χ0n) is 14.7. The summed E-state index contributed by atoms with van der Waals surface area (Å²) in [7, 11) is 3.28. The predicted molar refractivity (Wildman–Crippen MR) is 95.6 cm³/mol. The van der Waals surface area contributed by atoms with E-state index in [9.17, 15) is 0 Å². The zero-order chi connectivity index (χ0) is 17.9. The Morgan fingerprint density at radius 2 is 1.81 bits per heavy atom. The van der Waals surface area contributed by atoms with E-state index in [0.29, 0.717) is 17.9 Å². The number of rotatable bonds is 5. The van der Waals surface area contributed by atoms with Crippen LogP contribution in [0, 0.1) is 0 Å². The lowest BCUT2D eigenvalue weighted by molar-refractivity contribution is 0.130. The molecule has 0 radical (unpaired) electrons. The van der Waals surface area contributed by atoms with Gasteiger partial charge >= 0.3 is 0 Å². The van der Waals surface area contributed by atoms with Gasteiger partial charge in [-0.1, -0.05) is 11.2 Å². The Morgan fingerprint density at radius 1 is 1.00 bits per heavy atom. The van der Waals surface area contributed by atoms with E-state index < -0.39 is 0 Å². The average molecular weight is 353 g/mol. The molecule has 3 aromatic rings. The van der Waals surface area contributed by atoms with Gasteiger partial charge in [-0.15, -0.1) is 0 Å². The highest BCUT2D eigenvalue weighted by Crippen LogP contribution is 2.34. The molecular weight excluding hydrogens is 334 g/mol. The van der Waals surface area contributed by atoms with Crippen molar-refractivity contribution in [3.05, 3.63) is 47.0 Å². The van der Waals surface area contributed by atoms with Gasteiger partial charge in [0, 0.05) is 5.56 Å². The van der Waals surface area contributed by atoms with Crippen LogP contribution in [0.3, 0.4) is 0 Å². The first-order chi connectivity index (χ1) is 12.8. The van der Waals surface area contributed by atoms with Crippen LogP contribution < -0.4 is 9.47 Å². The van der Waals surface area contributed by atoms with E-state index in [2.05, 4.69) is 15.5 Å². The SMILES string of the molecule is COc1cc2c(cc1OC)/C(=N\OCc1ccc3nonc3c1)CCC2. The molecule has 0 atom stereocenters. The molecule has 4 rings (SSSR count). The van der Waals surface area contributed by atoms with Crippen LogP contribution in [0.4, 0.5) is 0 Å². The number of aryl methyl sites for hydroxylation is 1. The standard InChI is InChI=1S/C19H19N3O4/c1-23-18-9-13-4-3-5-15(14(13)10-19(18)24-2)20-25-11-12-6-7-16-17(8-12)22-26-21-16/h6-10H,3-5,11H2,1-2H3/b20-15-. The number of hydrogen-bond donors (Lipinski definition) is 0. The zero-order valence-corrected chi connectivity index (χ0v) is 14.7. The summed E-state index contributed by atoms with van der Waals surface area (Å²) in [6.07, 6.45) is 2.89. The number of fused-ring (bicyclic) bond motifs is 2. The molecule has 0 fully saturated rings. The second-order valence-corrected chi connectivity index (χ2v) is 6.12. The molecule has 1 heterocycles. The smallest absolute Gasteiger partial charge is 0.161 e. The minimum atomic E-state index is 0.356. The third-order valence-electron chi connectivity index (χ3n) is 4.50. The normalized spacial score (nSPS) is 15.1. The van der Waals surface area contributed by atoms with Gasteiger partial charge in [-0.25, -0.2) is 4.63 Å². The van der Waals surface area contributed by atoms with Gasteiger partial charge in [0.05, 0.1) is 19.9 Å². The van der Waals surface area contributed by atoms with E-state index >= 15 is 0 Å². The first kappa shape index (κ1) is 16.4. The molecule has 2 aromatic carbocycles. The second-order valence-electron chi connectivity index (χ2n) is 6.12. The van der Waals surface area contributed by atoms with Crippen molar-refractivity contribution in [2.75, 3.05) is 14.2 Å². The van der Waals surface area contributed by atoms with Crippen molar-refractivity contribution in [2.45, 2.75) is 25.9 Å². The first-order valence-electron chi connectivity index (χ1n) is 8.44. The number of nitrogens with zero attached hydrogens (tertiary/aromatic N) is 3. The molecule has 0 saturated heterocycles. The number of oxime groups is 1. The summed E-state index contributed by atoms with van der Waals surface area (Å²) in [4.78, 5) is 5.61. The summed E-state index contributed by atoms with van der Waals surface area (Å²) in [5.41, 5.74) is 5.58. The van der Waals surface area contributed by atoms with Gasteiger partial charge in [0.25, 0.3) is 0 Å². The van der Waals surface area contributed by atoms with Crippen LogP contribution >= 0.6 is 0 Å². The molecule has 134 valence electrons. The molecule has 0 saturated carbocycles. The summed E-state index contributed by atoms with van der Waals surface area (Å²) >= 11 is 0. The number of ether oxygens (including phenoxy) is 2. The molecule has 1 aliphatic rings. The minimum absolute atomic E-state index is 0.356. The highest BCUT2D eigenvalue weighted by Gasteiger charge is 2.20. The topological polar surface area (TPSA) is 79.0 Å². The molecule has 26 heavy (non-hydrogen) atoms. The second kappa shape index (κ2) is 7.03. The lowest BCUT2D eigenvalue weighted by Gasteiger charge is -2.20. The third-order valence-corrected chi connectivity index (χ3v) is 4.50. The highest BCUT2D eigenvalue weighted by atomic mass is 16.6. The Kier molecular flexibility index (Phi) is 4.43. The van der Waals surface area contributed by atoms with Gasteiger partial charge in [0.1, 0.15) is 17.6 Å². The number of methoxy groups -OCH3 is 2. The van der Waals surface area contributed by atoms with Gasteiger partial charge in [0.15, 0.2) is 11.5 Å². The predicted octanol–water partition coefficient (Wildman–Crippen LogP) is 3.50. The van der Waals surface area contributed by atoms with Gasteiger partial charge in [0.2, 0.25) is 0 Å². The molecule has 1 aromatic heterocycles. The van der Waals surface area contributed by atoms with Crippen LogP contribution in [0.1, 0.15) is 29.5 Å². The number of aromatic nitrogens is 2. The largest absolute Gasteiger partial charge is 0.493 e. The molecular formula is C19H19N3O4. The molecule has 0 bridgehead atoms. The fourth-order valence-corrected chi connectivity index (χ4v) is 3.17. The molecule has 0 unspecified atom stereocenters. The summed E-state index contributed by atoms with van der Waals surface area (Å²) in [6.45, 7) is 0.356. The highest BCUT2D eigenvalue weighted by molar-refractivity contribution is 6.03. The van der Waals surface area contributed by atoms with Crippen molar-refractivity contribution >= 4 is 16.7 Å². The number of hydrogen-bond acceptors (Lipinski definition) is 7. The van der Waals surface area contributed by atoms with Crippen molar-refractivity contribution in [3.8, 4) is 11.5 Å². The monoisotopic (exact) mass is 353 g/mol. The van der Waals surface area contributed by atoms with Crippen molar-refractivity contribution in [3.63, 3.8) is 0 Å².